The van der Waals surface area contributed by atoms with E-state index in [9.17, 15) is 22.8 Å². The lowest BCUT2D eigenvalue weighted by molar-refractivity contribution is -0.161. The van der Waals surface area contributed by atoms with Crippen molar-refractivity contribution in [1.29, 1.82) is 0 Å². The highest BCUT2D eigenvalue weighted by Gasteiger charge is 2.58. The molecule has 2 aromatic rings. The molecule has 3 heterocycles. The first-order chi connectivity index (χ1) is 12.8. The van der Waals surface area contributed by atoms with Crippen LogP contribution in [0.15, 0.2) is 45.2 Å². The first kappa shape index (κ1) is 17.3. The van der Waals surface area contributed by atoms with E-state index in [-0.39, 0.29) is 17.2 Å². The van der Waals surface area contributed by atoms with Crippen LogP contribution in [0.25, 0.3) is 5.57 Å². The predicted molar refractivity (Wildman–Crippen MR) is 85.6 cm³/mol. The van der Waals surface area contributed by atoms with Gasteiger partial charge in [-0.25, -0.2) is 20.3 Å². The maximum atomic E-state index is 13.7. The van der Waals surface area contributed by atoms with Crippen molar-refractivity contribution < 1.29 is 22.4 Å². The first-order valence-corrected chi connectivity index (χ1v) is 8.02. The minimum atomic E-state index is -4.59. The Morgan fingerprint density at radius 3 is 2.48 bits per heavy atom. The van der Waals surface area contributed by atoms with Crippen molar-refractivity contribution in [1.82, 2.24) is 25.9 Å². The standard InChI is InChI=1S/C16H14F3N5O3/c1-7-9(13-21-22-15(26)27-13)14(25)24-12(20-7)10(8-5-3-2-4-6-8)11(23-24)16(17,18)19/h2-6,10-12,20,23H,1H3,(H,22,26). The normalized spacial score (nSPS) is 25.6. The minimum Gasteiger partial charge on any atom is -0.387 e. The molecule has 0 spiro atoms. The lowest BCUT2D eigenvalue weighted by Gasteiger charge is -2.34. The molecule has 0 radical (unpaired) electrons. The van der Waals surface area contributed by atoms with Gasteiger partial charge in [0.15, 0.2) is 0 Å². The Morgan fingerprint density at radius 1 is 1.19 bits per heavy atom. The summed E-state index contributed by atoms with van der Waals surface area (Å²) in [6.45, 7) is 1.52. The highest BCUT2D eigenvalue weighted by atomic mass is 19.4. The number of H-pyrrole nitrogens is 1. The second-order valence-electron chi connectivity index (χ2n) is 6.27. The van der Waals surface area contributed by atoms with E-state index < -0.39 is 36.0 Å². The quantitative estimate of drug-likeness (QED) is 0.720. The van der Waals surface area contributed by atoms with E-state index in [1.807, 2.05) is 5.10 Å². The number of amides is 1. The van der Waals surface area contributed by atoms with Crippen LogP contribution in [0.5, 0.6) is 0 Å². The van der Waals surface area contributed by atoms with Crippen molar-refractivity contribution in [2.24, 2.45) is 0 Å². The second-order valence-corrected chi connectivity index (χ2v) is 6.27. The number of alkyl halides is 3. The van der Waals surface area contributed by atoms with E-state index in [1.54, 1.807) is 30.3 Å². The molecule has 2 aliphatic heterocycles. The molecule has 11 heteroatoms. The molecule has 4 rings (SSSR count). The third kappa shape index (κ3) is 2.79. The summed E-state index contributed by atoms with van der Waals surface area (Å²) in [5.41, 5.74) is 2.84. The average molecular weight is 381 g/mol. The van der Waals surface area contributed by atoms with Gasteiger partial charge in [0.1, 0.15) is 17.8 Å². The van der Waals surface area contributed by atoms with E-state index in [4.69, 9.17) is 4.42 Å². The summed E-state index contributed by atoms with van der Waals surface area (Å²) in [6.07, 6.45) is -5.56. The topological polar surface area (TPSA) is 103 Å². The molecule has 3 atom stereocenters. The Balaban J connectivity index is 1.78. The van der Waals surface area contributed by atoms with Crippen molar-refractivity contribution in [3.63, 3.8) is 0 Å². The molecule has 0 aliphatic carbocycles. The van der Waals surface area contributed by atoms with Gasteiger partial charge in [0.25, 0.3) is 11.8 Å². The van der Waals surface area contributed by atoms with E-state index >= 15 is 0 Å². The minimum absolute atomic E-state index is 0.119. The zero-order valence-corrected chi connectivity index (χ0v) is 13.9. The maximum Gasteiger partial charge on any atom is 0.434 e. The van der Waals surface area contributed by atoms with Gasteiger partial charge in [-0.2, -0.15) is 13.2 Å². The van der Waals surface area contributed by atoms with Gasteiger partial charge in [-0.05, 0) is 12.5 Å². The largest absolute Gasteiger partial charge is 0.434 e. The van der Waals surface area contributed by atoms with Crippen LogP contribution in [0.4, 0.5) is 13.2 Å². The highest BCUT2D eigenvalue weighted by Crippen LogP contribution is 2.42. The number of aromatic amines is 1. The molecule has 0 bridgehead atoms. The SMILES string of the molecule is CC1=C(c2n[nH]c(=O)o2)C(=O)N2NC(C(F)(F)F)C(c3ccccc3)C2N1. The fraction of sp³-hybridized carbons (Fsp3) is 0.312. The van der Waals surface area contributed by atoms with E-state index in [1.165, 1.54) is 6.92 Å². The Labute approximate surface area is 150 Å². The number of hydrogen-bond donors (Lipinski definition) is 3. The number of carbonyl (C=O) groups is 1. The number of nitrogens with one attached hydrogen (secondary N) is 3. The van der Waals surface area contributed by atoms with Crippen LogP contribution in [-0.4, -0.2) is 39.5 Å². The van der Waals surface area contributed by atoms with Gasteiger partial charge in [0.05, 0.1) is 5.92 Å². The zero-order valence-electron chi connectivity index (χ0n) is 13.9. The van der Waals surface area contributed by atoms with Crippen LogP contribution in [-0.2, 0) is 4.79 Å². The molecule has 2 aliphatic rings. The van der Waals surface area contributed by atoms with Gasteiger partial charge in [-0.3, -0.25) is 4.79 Å². The third-order valence-electron chi connectivity index (χ3n) is 4.62. The van der Waals surface area contributed by atoms with Gasteiger partial charge >= 0.3 is 11.9 Å². The Bertz CT molecular complexity index is 965. The molecule has 27 heavy (non-hydrogen) atoms. The van der Waals surface area contributed by atoms with Gasteiger partial charge in [0.2, 0.25) is 0 Å². The lowest BCUT2D eigenvalue weighted by atomic mass is 9.89. The molecule has 3 unspecified atom stereocenters. The lowest BCUT2D eigenvalue weighted by Crippen LogP contribution is -2.54. The number of nitrogens with zero attached hydrogens (tertiary/aromatic N) is 2. The summed E-state index contributed by atoms with van der Waals surface area (Å²) >= 11 is 0. The number of allylic oxidation sites excluding steroid dienone is 1. The highest BCUT2D eigenvalue weighted by molar-refractivity contribution is 6.19. The number of halogens is 3. The summed E-state index contributed by atoms with van der Waals surface area (Å²) in [4.78, 5) is 24.0. The molecule has 142 valence electrons. The number of fused-ring (bicyclic) bond motifs is 1. The maximum absolute atomic E-state index is 13.7. The van der Waals surface area contributed by atoms with Crippen molar-refractivity contribution in [3.8, 4) is 0 Å². The van der Waals surface area contributed by atoms with Gasteiger partial charge in [0, 0.05) is 5.70 Å². The number of rotatable bonds is 2. The van der Waals surface area contributed by atoms with Crippen molar-refractivity contribution in [2.45, 2.75) is 31.2 Å². The van der Waals surface area contributed by atoms with E-state index in [0.717, 1.165) is 5.01 Å². The number of aromatic nitrogens is 2. The second kappa shape index (κ2) is 5.98. The molecule has 1 aromatic heterocycles. The van der Waals surface area contributed by atoms with Crippen LogP contribution >= 0.6 is 0 Å². The van der Waals surface area contributed by atoms with Crippen LogP contribution < -0.4 is 16.5 Å². The number of carbonyl (C=O) groups excluding carboxylic acids is 1. The van der Waals surface area contributed by atoms with E-state index in [0.29, 0.717) is 5.56 Å². The molecule has 1 amide bonds. The van der Waals surface area contributed by atoms with Crippen LogP contribution in [0.1, 0.15) is 24.3 Å². The molecular weight excluding hydrogens is 367 g/mol. The van der Waals surface area contributed by atoms with Gasteiger partial charge < -0.3 is 9.73 Å². The van der Waals surface area contributed by atoms with E-state index in [2.05, 4.69) is 15.8 Å². The predicted octanol–water partition coefficient (Wildman–Crippen LogP) is 1.08. The average Bonchev–Trinajstić information content (AvgIpc) is 3.19. The Morgan fingerprint density at radius 2 is 1.89 bits per heavy atom. The summed E-state index contributed by atoms with van der Waals surface area (Å²) < 4.78 is 45.8. The number of hydrazine groups is 1. The fourth-order valence-electron chi connectivity index (χ4n) is 3.48. The van der Waals surface area contributed by atoms with Gasteiger partial charge in [-0.1, -0.05) is 30.3 Å². The molecular formula is C16H14F3N5O3. The summed E-state index contributed by atoms with van der Waals surface area (Å²) in [7, 11) is 0. The molecule has 1 saturated heterocycles. The monoisotopic (exact) mass is 381 g/mol. The van der Waals surface area contributed by atoms with Crippen molar-refractivity contribution in [2.75, 3.05) is 0 Å². The number of benzene rings is 1. The van der Waals surface area contributed by atoms with Gasteiger partial charge in [-0.15, -0.1) is 5.10 Å². The summed E-state index contributed by atoms with van der Waals surface area (Å²) in [5, 5.41) is 9.43. The Kier molecular flexibility index (Phi) is 3.84. The molecule has 1 fully saturated rings. The van der Waals surface area contributed by atoms with Crippen LogP contribution in [0.3, 0.4) is 0 Å². The summed E-state index contributed by atoms with van der Waals surface area (Å²) in [6, 6.07) is 6.18. The van der Waals surface area contributed by atoms with Crippen molar-refractivity contribution >= 4 is 11.5 Å². The summed E-state index contributed by atoms with van der Waals surface area (Å²) in [5.74, 6) is -3.00. The smallest absolute Gasteiger partial charge is 0.387 e. The fourth-order valence-corrected chi connectivity index (χ4v) is 3.48. The number of hydrogen-bond acceptors (Lipinski definition) is 6. The Hall–Kier alpha value is -3.08. The molecule has 0 saturated carbocycles. The zero-order chi connectivity index (χ0) is 19.3. The third-order valence-corrected chi connectivity index (χ3v) is 4.62. The molecule has 1 aromatic carbocycles. The molecule has 3 N–H and O–H groups in total. The first-order valence-electron chi connectivity index (χ1n) is 8.02. The molecule has 8 nitrogen and oxygen atoms in total. The van der Waals surface area contributed by atoms with Crippen LogP contribution in [0, 0.1) is 0 Å². The van der Waals surface area contributed by atoms with Crippen LogP contribution in [0.2, 0.25) is 0 Å². The van der Waals surface area contributed by atoms with Crippen molar-refractivity contribution in [3.05, 3.63) is 58.0 Å².